The molecule has 1 amide bonds. The number of hydrogen-bond acceptors (Lipinski definition) is 4. The molecule has 0 spiro atoms. The summed E-state index contributed by atoms with van der Waals surface area (Å²) in [6, 6.07) is 9.25. The fourth-order valence-electron chi connectivity index (χ4n) is 1.68. The first-order valence-corrected chi connectivity index (χ1v) is 6.43. The molecule has 0 fully saturated rings. The summed E-state index contributed by atoms with van der Waals surface area (Å²) in [4.78, 5) is 28.1. The second-order valence-electron chi connectivity index (χ2n) is 3.98. The molecule has 0 N–H and O–H groups in total. The van der Waals surface area contributed by atoms with Crippen molar-refractivity contribution in [1.82, 2.24) is 4.98 Å². The minimum atomic E-state index is -0.569. The molecule has 0 aliphatic rings. The molecule has 0 bridgehead atoms. The Bertz CT molecular complexity index is 658. The predicted molar refractivity (Wildman–Crippen MR) is 77.8 cm³/mol. The molecule has 0 unspecified atom stereocenters. The van der Waals surface area contributed by atoms with Crippen LogP contribution in [0.5, 0.6) is 0 Å². The minimum absolute atomic E-state index is 0.0444. The van der Waals surface area contributed by atoms with Gasteiger partial charge >= 0.3 is 0 Å². The van der Waals surface area contributed by atoms with Gasteiger partial charge in [-0.1, -0.05) is 12.1 Å². The normalized spacial score (nSPS) is 10.1. The Morgan fingerprint density at radius 1 is 1.30 bits per heavy atom. The van der Waals surface area contributed by atoms with E-state index in [4.69, 9.17) is 0 Å². The van der Waals surface area contributed by atoms with Gasteiger partial charge in [0.15, 0.2) is 0 Å². The van der Waals surface area contributed by atoms with E-state index in [1.165, 1.54) is 29.3 Å². The van der Waals surface area contributed by atoms with Crippen LogP contribution >= 0.6 is 15.9 Å². The Hall–Kier alpha value is -2.28. The number of nitro groups is 1. The average Bonchev–Trinajstić information content (AvgIpc) is 2.46. The van der Waals surface area contributed by atoms with Crippen LogP contribution < -0.4 is 4.90 Å². The van der Waals surface area contributed by atoms with E-state index in [9.17, 15) is 14.9 Å². The van der Waals surface area contributed by atoms with Crippen molar-refractivity contribution in [1.29, 1.82) is 0 Å². The maximum Gasteiger partial charge on any atom is 0.282 e. The van der Waals surface area contributed by atoms with E-state index in [2.05, 4.69) is 20.9 Å². The number of carbonyl (C=O) groups excluding carboxylic acids is 1. The van der Waals surface area contributed by atoms with E-state index in [1.807, 2.05) is 0 Å². The van der Waals surface area contributed by atoms with Crippen molar-refractivity contribution >= 4 is 33.2 Å². The Morgan fingerprint density at radius 2 is 2.00 bits per heavy atom. The largest absolute Gasteiger partial charge is 0.310 e. The summed E-state index contributed by atoms with van der Waals surface area (Å²) in [5.41, 5.74) is 0.383. The van der Waals surface area contributed by atoms with Gasteiger partial charge in [-0.2, -0.15) is 0 Å². The summed E-state index contributed by atoms with van der Waals surface area (Å²) >= 11 is 3.20. The SMILES string of the molecule is CN(C(=O)c1ccccc1[N+](=O)[O-])c1ccc(Br)nc1. The molecular formula is C13H10BrN3O3. The Balaban J connectivity index is 2.36. The number of hydrogen-bond donors (Lipinski definition) is 0. The molecule has 0 radical (unpaired) electrons. The lowest BCUT2D eigenvalue weighted by Gasteiger charge is -2.16. The number of amides is 1. The highest BCUT2D eigenvalue weighted by Gasteiger charge is 2.22. The Kier molecular flexibility index (Phi) is 4.09. The van der Waals surface area contributed by atoms with Crippen molar-refractivity contribution in [3.63, 3.8) is 0 Å². The van der Waals surface area contributed by atoms with E-state index in [0.717, 1.165) is 0 Å². The number of benzene rings is 1. The molecule has 0 atom stereocenters. The summed E-state index contributed by atoms with van der Waals surface area (Å²) in [6.45, 7) is 0. The van der Waals surface area contributed by atoms with Crippen LogP contribution in [-0.4, -0.2) is 22.9 Å². The van der Waals surface area contributed by atoms with Crippen LogP contribution in [0.15, 0.2) is 47.2 Å². The molecule has 2 aromatic rings. The van der Waals surface area contributed by atoms with Crippen molar-refractivity contribution in [2.45, 2.75) is 0 Å². The highest BCUT2D eigenvalue weighted by Crippen LogP contribution is 2.22. The molecule has 1 heterocycles. The van der Waals surface area contributed by atoms with Crippen molar-refractivity contribution in [2.24, 2.45) is 0 Å². The lowest BCUT2D eigenvalue weighted by Crippen LogP contribution is -2.27. The second kappa shape index (κ2) is 5.79. The minimum Gasteiger partial charge on any atom is -0.310 e. The zero-order valence-electron chi connectivity index (χ0n) is 10.5. The van der Waals surface area contributed by atoms with E-state index in [-0.39, 0.29) is 11.3 Å². The molecule has 1 aromatic heterocycles. The van der Waals surface area contributed by atoms with Crippen LogP contribution in [0, 0.1) is 10.1 Å². The topological polar surface area (TPSA) is 76.3 Å². The molecular weight excluding hydrogens is 326 g/mol. The first kappa shape index (κ1) is 14.1. The highest BCUT2D eigenvalue weighted by atomic mass is 79.9. The van der Waals surface area contributed by atoms with E-state index in [0.29, 0.717) is 10.3 Å². The smallest absolute Gasteiger partial charge is 0.282 e. The van der Waals surface area contributed by atoms with Gasteiger partial charge in [-0.05, 0) is 34.1 Å². The van der Waals surface area contributed by atoms with Gasteiger partial charge in [0, 0.05) is 13.1 Å². The summed E-state index contributed by atoms with van der Waals surface area (Å²) in [5.74, 6) is -0.457. The first-order chi connectivity index (χ1) is 9.50. The molecule has 6 nitrogen and oxygen atoms in total. The van der Waals surface area contributed by atoms with Crippen LogP contribution in [-0.2, 0) is 0 Å². The number of rotatable bonds is 3. The third-order valence-electron chi connectivity index (χ3n) is 2.73. The monoisotopic (exact) mass is 335 g/mol. The molecule has 2 rings (SSSR count). The fraction of sp³-hybridized carbons (Fsp3) is 0.0769. The number of halogens is 1. The molecule has 102 valence electrons. The van der Waals surface area contributed by atoms with Crippen molar-refractivity contribution in [3.8, 4) is 0 Å². The number of nitrogens with zero attached hydrogens (tertiary/aromatic N) is 3. The van der Waals surface area contributed by atoms with Crippen molar-refractivity contribution < 1.29 is 9.72 Å². The van der Waals surface area contributed by atoms with Crippen molar-refractivity contribution in [2.75, 3.05) is 11.9 Å². The number of aromatic nitrogens is 1. The van der Waals surface area contributed by atoms with Gasteiger partial charge in [-0.3, -0.25) is 14.9 Å². The Labute approximate surface area is 123 Å². The number of anilines is 1. The van der Waals surface area contributed by atoms with Crippen LogP contribution in [0.1, 0.15) is 10.4 Å². The average molecular weight is 336 g/mol. The molecule has 0 saturated carbocycles. The molecule has 0 aliphatic heterocycles. The lowest BCUT2D eigenvalue weighted by atomic mass is 10.1. The van der Waals surface area contributed by atoms with Crippen LogP contribution in [0.25, 0.3) is 0 Å². The molecule has 20 heavy (non-hydrogen) atoms. The number of para-hydroxylation sites is 1. The van der Waals surface area contributed by atoms with Gasteiger partial charge in [-0.25, -0.2) is 4.98 Å². The Morgan fingerprint density at radius 3 is 2.60 bits per heavy atom. The lowest BCUT2D eigenvalue weighted by molar-refractivity contribution is -0.385. The van der Waals surface area contributed by atoms with Crippen LogP contribution in [0.3, 0.4) is 0 Å². The van der Waals surface area contributed by atoms with E-state index in [1.54, 1.807) is 25.2 Å². The summed E-state index contributed by atoms with van der Waals surface area (Å²) in [7, 11) is 1.55. The molecule has 7 heteroatoms. The standard InChI is InChI=1S/C13H10BrN3O3/c1-16(9-6-7-12(14)15-8-9)13(18)10-4-2-3-5-11(10)17(19)20/h2-8H,1H3. The third kappa shape index (κ3) is 2.83. The maximum absolute atomic E-state index is 12.3. The summed E-state index contributed by atoms with van der Waals surface area (Å²) in [6.07, 6.45) is 1.51. The summed E-state index contributed by atoms with van der Waals surface area (Å²) in [5, 5.41) is 10.9. The highest BCUT2D eigenvalue weighted by molar-refractivity contribution is 9.10. The van der Waals surface area contributed by atoms with Gasteiger partial charge in [0.05, 0.1) is 16.8 Å². The van der Waals surface area contributed by atoms with Gasteiger partial charge < -0.3 is 4.90 Å². The third-order valence-corrected chi connectivity index (χ3v) is 3.20. The molecule has 1 aromatic carbocycles. The van der Waals surface area contributed by atoms with Crippen LogP contribution in [0.2, 0.25) is 0 Å². The van der Waals surface area contributed by atoms with Gasteiger partial charge in [0.2, 0.25) is 0 Å². The maximum atomic E-state index is 12.3. The zero-order valence-corrected chi connectivity index (χ0v) is 12.1. The first-order valence-electron chi connectivity index (χ1n) is 5.63. The number of nitro benzene ring substituents is 1. The van der Waals surface area contributed by atoms with E-state index < -0.39 is 10.8 Å². The van der Waals surface area contributed by atoms with Gasteiger partial charge in [-0.15, -0.1) is 0 Å². The number of pyridine rings is 1. The number of carbonyl (C=O) groups is 1. The van der Waals surface area contributed by atoms with Gasteiger partial charge in [0.1, 0.15) is 10.2 Å². The van der Waals surface area contributed by atoms with E-state index >= 15 is 0 Å². The zero-order chi connectivity index (χ0) is 14.7. The van der Waals surface area contributed by atoms with Crippen molar-refractivity contribution in [3.05, 3.63) is 62.9 Å². The fourth-order valence-corrected chi connectivity index (χ4v) is 1.91. The van der Waals surface area contributed by atoms with Gasteiger partial charge in [0.25, 0.3) is 11.6 Å². The quantitative estimate of drug-likeness (QED) is 0.490. The predicted octanol–water partition coefficient (Wildman–Crippen LogP) is 3.03. The second-order valence-corrected chi connectivity index (χ2v) is 4.79. The summed E-state index contributed by atoms with van der Waals surface area (Å²) < 4.78 is 0.646. The molecule has 0 aliphatic carbocycles. The van der Waals surface area contributed by atoms with Crippen LogP contribution in [0.4, 0.5) is 11.4 Å². The molecule has 0 saturated heterocycles.